The molecule has 4 heteroatoms. The molecule has 0 aliphatic rings. The Morgan fingerprint density at radius 1 is 1.45 bits per heavy atom. The standard InChI is InChI=1S/C7H5FN2O/c8-5-2-7-4(1-6(5)9)3-10-11-7/h1-3H,9H2. The van der Waals surface area contributed by atoms with Crippen LogP contribution in [0.5, 0.6) is 0 Å². The van der Waals surface area contributed by atoms with Crippen molar-refractivity contribution in [3.8, 4) is 0 Å². The van der Waals surface area contributed by atoms with E-state index >= 15 is 0 Å². The van der Waals surface area contributed by atoms with Gasteiger partial charge in [0.05, 0.1) is 11.9 Å². The van der Waals surface area contributed by atoms with Crippen LogP contribution in [0.1, 0.15) is 0 Å². The number of nitrogens with two attached hydrogens (primary N) is 1. The molecule has 56 valence electrons. The third-order valence-electron chi connectivity index (χ3n) is 1.47. The average molecular weight is 152 g/mol. The Morgan fingerprint density at radius 2 is 2.27 bits per heavy atom. The van der Waals surface area contributed by atoms with Crippen LogP contribution in [0.2, 0.25) is 0 Å². The van der Waals surface area contributed by atoms with Crippen molar-refractivity contribution in [3.63, 3.8) is 0 Å². The second-order valence-electron chi connectivity index (χ2n) is 2.24. The second-order valence-corrected chi connectivity index (χ2v) is 2.24. The summed E-state index contributed by atoms with van der Waals surface area (Å²) in [7, 11) is 0. The predicted molar refractivity (Wildman–Crippen MR) is 38.4 cm³/mol. The lowest BCUT2D eigenvalue weighted by Gasteiger charge is -1.92. The van der Waals surface area contributed by atoms with Gasteiger partial charge in [-0.3, -0.25) is 0 Å². The molecule has 0 aliphatic heterocycles. The maximum atomic E-state index is 12.7. The number of anilines is 1. The Labute approximate surface area is 61.6 Å². The SMILES string of the molecule is Nc1cc2cnoc2cc1F. The van der Waals surface area contributed by atoms with Crippen molar-refractivity contribution in [3.05, 3.63) is 24.1 Å². The molecule has 0 saturated carbocycles. The molecule has 1 aromatic heterocycles. The summed E-state index contributed by atoms with van der Waals surface area (Å²) in [6.45, 7) is 0. The van der Waals surface area contributed by atoms with Crippen molar-refractivity contribution in [1.82, 2.24) is 5.16 Å². The smallest absolute Gasteiger partial charge is 0.169 e. The zero-order valence-electron chi connectivity index (χ0n) is 5.54. The Morgan fingerprint density at radius 3 is 3.09 bits per heavy atom. The van der Waals surface area contributed by atoms with Gasteiger partial charge in [-0.2, -0.15) is 0 Å². The maximum absolute atomic E-state index is 12.7. The fourth-order valence-corrected chi connectivity index (χ4v) is 0.909. The van der Waals surface area contributed by atoms with E-state index in [0.29, 0.717) is 11.0 Å². The van der Waals surface area contributed by atoms with E-state index in [1.54, 1.807) is 0 Å². The Kier molecular flexibility index (Phi) is 1.09. The summed E-state index contributed by atoms with van der Waals surface area (Å²) in [6.07, 6.45) is 1.49. The van der Waals surface area contributed by atoms with Crippen molar-refractivity contribution in [2.75, 3.05) is 5.73 Å². The van der Waals surface area contributed by atoms with Gasteiger partial charge < -0.3 is 10.3 Å². The van der Waals surface area contributed by atoms with Crippen LogP contribution in [-0.2, 0) is 0 Å². The zero-order chi connectivity index (χ0) is 7.84. The van der Waals surface area contributed by atoms with Gasteiger partial charge in [-0.15, -0.1) is 0 Å². The second kappa shape index (κ2) is 1.95. The summed E-state index contributed by atoms with van der Waals surface area (Å²) >= 11 is 0. The molecule has 2 aromatic rings. The summed E-state index contributed by atoms with van der Waals surface area (Å²) in [6, 6.07) is 2.71. The summed E-state index contributed by atoms with van der Waals surface area (Å²) < 4.78 is 17.4. The monoisotopic (exact) mass is 152 g/mol. The van der Waals surface area contributed by atoms with Crippen molar-refractivity contribution >= 4 is 16.7 Å². The molecule has 0 spiro atoms. The minimum absolute atomic E-state index is 0.112. The molecule has 1 aromatic carbocycles. The van der Waals surface area contributed by atoms with Crippen molar-refractivity contribution in [1.29, 1.82) is 0 Å². The number of halogens is 1. The number of nitrogens with zero attached hydrogens (tertiary/aromatic N) is 1. The molecule has 0 aliphatic carbocycles. The summed E-state index contributed by atoms with van der Waals surface area (Å²) in [5.74, 6) is -0.478. The number of rotatable bonds is 0. The number of aromatic nitrogens is 1. The highest BCUT2D eigenvalue weighted by molar-refractivity contribution is 5.79. The molecule has 2 N–H and O–H groups in total. The van der Waals surface area contributed by atoms with Crippen LogP contribution in [0.3, 0.4) is 0 Å². The first-order chi connectivity index (χ1) is 5.27. The number of fused-ring (bicyclic) bond motifs is 1. The molecule has 3 nitrogen and oxygen atoms in total. The molecule has 2 rings (SSSR count). The largest absolute Gasteiger partial charge is 0.396 e. The van der Waals surface area contributed by atoms with Crippen molar-refractivity contribution in [2.24, 2.45) is 0 Å². The zero-order valence-corrected chi connectivity index (χ0v) is 5.54. The first-order valence-corrected chi connectivity index (χ1v) is 3.07. The molecular formula is C7H5FN2O. The molecule has 0 radical (unpaired) electrons. The topological polar surface area (TPSA) is 52.0 Å². The van der Waals surface area contributed by atoms with E-state index in [0.717, 1.165) is 0 Å². The number of hydrogen-bond acceptors (Lipinski definition) is 3. The number of hydrogen-bond donors (Lipinski definition) is 1. The Balaban J connectivity index is 2.86. The lowest BCUT2D eigenvalue weighted by molar-refractivity contribution is 0.455. The fraction of sp³-hybridized carbons (Fsp3) is 0. The summed E-state index contributed by atoms with van der Waals surface area (Å²) in [5, 5.41) is 4.20. The minimum atomic E-state index is -0.478. The summed E-state index contributed by atoms with van der Waals surface area (Å²) in [5.41, 5.74) is 5.83. The van der Waals surface area contributed by atoms with Gasteiger partial charge in [-0.1, -0.05) is 5.16 Å². The predicted octanol–water partition coefficient (Wildman–Crippen LogP) is 1.55. The van der Waals surface area contributed by atoms with E-state index in [1.807, 2.05) is 0 Å². The number of benzene rings is 1. The Hall–Kier alpha value is -1.58. The van der Waals surface area contributed by atoms with Crippen LogP contribution < -0.4 is 5.73 Å². The highest BCUT2D eigenvalue weighted by Gasteiger charge is 2.03. The third-order valence-corrected chi connectivity index (χ3v) is 1.47. The quantitative estimate of drug-likeness (QED) is 0.582. The Bertz CT molecular complexity index is 360. The highest BCUT2D eigenvalue weighted by Crippen LogP contribution is 2.19. The van der Waals surface area contributed by atoms with Gasteiger partial charge in [0.15, 0.2) is 5.58 Å². The van der Waals surface area contributed by atoms with Crippen LogP contribution >= 0.6 is 0 Å². The van der Waals surface area contributed by atoms with Gasteiger partial charge in [-0.05, 0) is 6.07 Å². The van der Waals surface area contributed by atoms with Gasteiger partial charge >= 0.3 is 0 Å². The fourth-order valence-electron chi connectivity index (χ4n) is 0.909. The van der Waals surface area contributed by atoms with E-state index in [-0.39, 0.29) is 5.69 Å². The molecule has 0 unspecified atom stereocenters. The average Bonchev–Trinajstić information content (AvgIpc) is 2.36. The molecule has 0 bridgehead atoms. The van der Waals surface area contributed by atoms with Crippen LogP contribution in [-0.4, -0.2) is 5.16 Å². The lowest BCUT2D eigenvalue weighted by atomic mass is 10.2. The van der Waals surface area contributed by atoms with Gasteiger partial charge in [0.25, 0.3) is 0 Å². The van der Waals surface area contributed by atoms with E-state index in [4.69, 9.17) is 10.3 Å². The summed E-state index contributed by atoms with van der Waals surface area (Å²) in [4.78, 5) is 0. The van der Waals surface area contributed by atoms with Crippen molar-refractivity contribution < 1.29 is 8.91 Å². The van der Waals surface area contributed by atoms with E-state index in [2.05, 4.69) is 5.16 Å². The first kappa shape index (κ1) is 6.15. The molecular weight excluding hydrogens is 147 g/mol. The third kappa shape index (κ3) is 0.832. The molecule has 0 saturated heterocycles. The van der Waals surface area contributed by atoms with E-state index < -0.39 is 5.82 Å². The van der Waals surface area contributed by atoms with Crippen LogP contribution in [0, 0.1) is 5.82 Å². The van der Waals surface area contributed by atoms with Gasteiger partial charge in [0, 0.05) is 11.5 Å². The first-order valence-electron chi connectivity index (χ1n) is 3.07. The minimum Gasteiger partial charge on any atom is -0.396 e. The maximum Gasteiger partial charge on any atom is 0.169 e. The van der Waals surface area contributed by atoms with Crippen LogP contribution in [0.15, 0.2) is 22.9 Å². The molecule has 0 amide bonds. The van der Waals surface area contributed by atoms with Gasteiger partial charge in [0.2, 0.25) is 0 Å². The molecule has 1 heterocycles. The van der Waals surface area contributed by atoms with Crippen LogP contribution in [0.4, 0.5) is 10.1 Å². The van der Waals surface area contributed by atoms with Gasteiger partial charge in [-0.25, -0.2) is 4.39 Å². The number of nitrogen functional groups attached to an aromatic ring is 1. The normalized spacial score (nSPS) is 10.6. The highest BCUT2D eigenvalue weighted by atomic mass is 19.1. The van der Waals surface area contributed by atoms with E-state index in [1.165, 1.54) is 18.3 Å². The van der Waals surface area contributed by atoms with E-state index in [9.17, 15) is 4.39 Å². The molecule has 0 fully saturated rings. The lowest BCUT2D eigenvalue weighted by Crippen LogP contribution is -1.88. The molecule has 11 heavy (non-hydrogen) atoms. The van der Waals surface area contributed by atoms with Crippen molar-refractivity contribution in [2.45, 2.75) is 0 Å². The molecule has 0 atom stereocenters. The van der Waals surface area contributed by atoms with Crippen LogP contribution in [0.25, 0.3) is 11.0 Å². The van der Waals surface area contributed by atoms with Gasteiger partial charge in [0.1, 0.15) is 5.82 Å².